The van der Waals surface area contributed by atoms with Gasteiger partial charge in [0.2, 0.25) is 6.29 Å². The maximum Gasteiger partial charge on any atom is 0.482 e. The summed E-state index contributed by atoms with van der Waals surface area (Å²) >= 11 is 3.66. The van der Waals surface area contributed by atoms with Gasteiger partial charge in [-0.2, -0.15) is 4.31 Å². The first-order valence-electron chi connectivity index (χ1n) is 16.8. The maximum absolute atomic E-state index is 16.8. The molecule has 1 aliphatic carbocycles. The van der Waals surface area contributed by atoms with E-state index >= 15 is 4.39 Å². The summed E-state index contributed by atoms with van der Waals surface area (Å²) in [5.74, 6) is -7.76. The zero-order chi connectivity index (χ0) is 42.2. The Bertz CT molecular complexity index is 1960. The number of thiol groups is 1. The minimum absolute atomic E-state index is 0.0105. The number of halogens is 1. The average molecular weight is 876 g/mol. The second-order valence-electron chi connectivity index (χ2n) is 13.0. The van der Waals surface area contributed by atoms with Gasteiger partial charge in [-0.05, 0) is 18.8 Å². The number of fused-ring (bicyclic) bond motifs is 1. The number of ether oxygens (including phenoxy) is 7. The molecule has 2 aromatic heterocycles. The molecule has 2 aromatic rings. The zero-order valence-electron chi connectivity index (χ0n) is 30.6. The number of phosphoric ester groups is 1. The molecule has 3 aliphatic rings. The Kier molecular flexibility index (Phi) is 13.4. The highest BCUT2D eigenvalue weighted by atomic mass is 32.7. The smallest absolute Gasteiger partial charge is 0.462 e. The minimum atomic E-state index is -5.85. The normalized spacial score (nSPS) is 32.8. The Hall–Kier alpha value is -3.39. The Balaban J connectivity index is 1.37. The fourth-order valence-corrected chi connectivity index (χ4v) is 9.71. The molecule has 5 rings (SSSR count). The molecule has 318 valence electrons. The number of anilines is 1. The van der Waals surface area contributed by atoms with Gasteiger partial charge in [0, 0.05) is 34.8 Å². The molecule has 28 heteroatoms. The largest absolute Gasteiger partial charge is 0.482 e. The second-order valence-corrected chi connectivity index (χ2v) is 17.5. The van der Waals surface area contributed by atoms with Gasteiger partial charge in [0.05, 0.1) is 6.33 Å². The Morgan fingerprint density at radius 3 is 2.28 bits per heavy atom. The predicted molar refractivity (Wildman–Crippen MR) is 185 cm³/mol. The van der Waals surface area contributed by atoms with Gasteiger partial charge in [-0.1, -0.05) is 12.2 Å². The number of alkyl halides is 1. The number of carbonyl (C=O) groups is 4. The number of aliphatic hydroxyl groups excluding tert-OH is 2. The van der Waals surface area contributed by atoms with Crippen LogP contribution >= 0.6 is 26.9 Å². The highest BCUT2D eigenvalue weighted by Crippen LogP contribution is 2.67. The van der Waals surface area contributed by atoms with Gasteiger partial charge in [0.25, 0.3) is 5.85 Å². The summed E-state index contributed by atoms with van der Waals surface area (Å²) < 4.78 is 96.7. The number of hydrogen-bond acceptors (Lipinski definition) is 22. The minimum Gasteiger partial charge on any atom is -0.462 e. The lowest BCUT2D eigenvalue weighted by Crippen LogP contribution is -2.64. The number of esters is 4. The summed E-state index contributed by atoms with van der Waals surface area (Å²) in [6.07, 6.45) is -12.5. The van der Waals surface area contributed by atoms with E-state index in [-0.39, 0.29) is 17.0 Å². The van der Waals surface area contributed by atoms with Crippen LogP contribution in [0.4, 0.5) is 10.2 Å². The van der Waals surface area contributed by atoms with E-state index in [2.05, 4.69) is 31.5 Å². The van der Waals surface area contributed by atoms with Crippen LogP contribution in [0.5, 0.6) is 0 Å². The molecule has 57 heavy (non-hydrogen) atoms. The van der Waals surface area contributed by atoms with Crippen LogP contribution in [0.1, 0.15) is 46.8 Å². The summed E-state index contributed by atoms with van der Waals surface area (Å²) in [7, 11) is -4.65. The number of rotatable bonds is 16. The van der Waals surface area contributed by atoms with Crippen LogP contribution in [0.3, 0.4) is 0 Å². The number of hydrogen-bond donors (Lipinski definition) is 5. The van der Waals surface area contributed by atoms with Crippen molar-refractivity contribution in [3.05, 3.63) is 12.7 Å². The number of methoxy groups -OCH3 is 1. The number of nitrogens with zero attached hydrogens (tertiary/aromatic N) is 4. The van der Waals surface area contributed by atoms with Crippen molar-refractivity contribution in [3.63, 3.8) is 0 Å². The summed E-state index contributed by atoms with van der Waals surface area (Å²) in [5, 5.41) is 22.7. The molecule has 4 heterocycles. The van der Waals surface area contributed by atoms with Crippen LogP contribution in [0.2, 0.25) is 0 Å². The number of aromatic nitrogens is 4. The summed E-state index contributed by atoms with van der Waals surface area (Å²) in [6, 6.07) is 0. The van der Waals surface area contributed by atoms with Gasteiger partial charge >= 0.3 is 38.5 Å². The van der Waals surface area contributed by atoms with Crippen LogP contribution in [-0.4, -0.2) is 133 Å². The quantitative estimate of drug-likeness (QED) is 0.0659. The zero-order valence-corrected chi connectivity index (χ0v) is 33.3. The molecular formula is C29H40FN5O19P2S. The lowest BCUT2D eigenvalue weighted by molar-refractivity contribution is -0.299. The molecule has 0 bridgehead atoms. The Morgan fingerprint density at radius 2 is 1.70 bits per heavy atom. The van der Waals surface area contributed by atoms with Crippen molar-refractivity contribution in [2.75, 3.05) is 26.1 Å². The van der Waals surface area contributed by atoms with Crippen LogP contribution in [-0.2, 0) is 74.8 Å². The van der Waals surface area contributed by atoms with E-state index in [0.717, 1.165) is 34.0 Å². The number of nitrogens with two attached hydrogens (primary N) is 1. The molecule has 3 fully saturated rings. The Labute approximate surface area is 327 Å². The van der Waals surface area contributed by atoms with Gasteiger partial charge < -0.3 is 54.0 Å². The third-order valence-electron chi connectivity index (χ3n) is 8.90. The van der Waals surface area contributed by atoms with Crippen molar-refractivity contribution < 1.29 is 94.3 Å². The number of aliphatic hydroxyl groups is 2. The van der Waals surface area contributed by atoms with Gasteiger partial charge in [-0.3, -0.25) is 32.8 Å². The lowest BCUT2D eigenvalue weighted by atomic mass is 9.87. The molecule has 24 nitrogen and oxygen atoms in total. The van der Waals surface area contributed by atoms with Crippen LogP contribution in [0.15, 0.2) is 12.7 Å². The average Bonchev–Trinajstić information content (AvgIpc) is 3.81. The van der Waals surface area contributed by atoms with Crippen molar-refractivity contribution >= 4 is 67.7 Å². The first kappa shape index (κ1) is 44.7. The number of nitrogen functional groups attached to an aromatic ring is 1. The molecule has 1 saturated carbocycles. The second kappa shape index (κ2) is 17.1. The van der Waals surface area contributed by atoms with Crippen molar-refractivity contribution in [1.29, 1.82) is 0 Å². The van der Waals surface area contributed by atoms with Gasteiger partial charge in [0.15, 0.2) is 36.0 Å². The van der Waals surface area contributed by atoms with Gasteiger partial charge in [0.1, 0.15) is 49.0 Å². The van der Waals surface area contributed by atoms with Crippen molar-refractivity contribution in [2.24, 2.45) is 5.92 Å². The lowest BCUT2D eigenvalue weighted by Gasteiger charge is -2.44. The molecular weight excluding hydrogens is 835 g/mol. The van der Waals surface area contributed by atoms with E-state index in [1.54, 1.807) is 0 Å². The topological polar surface area (TPSA) is 325 Å². The Morgan fingerprint density at radius 1 is 1.05 bits per heavy atom. The molecule has 0 amide bonds. The van der Waals surface area contributed by atoms with Crippen molar-refractivity contribution in [3.8, 4) is 0 Å². The molecule has 0 spiro atoms. The third kappa shape index (κ3) is 9.74. The first-order chi connectivity index (χ1) is 26.5. The van der Waals surface area contributed by atoms with E-state index in [1.165, 1.54) is 18.0 Å². The van der Waals surface area contributed by atoms with E-state index in [0.29, 0.717) is 12.8 Å². The molecule has 0 radical (unpaired) electrons. The van der Waals surface area contributed by atoms with Crippen molar-refractivity contribution in [1.82, 2.24) is 19.5 Å². The molecule has 12 atom stereocenters. The fraction of sp³-hybridized carbons (Fsp3) is 0.690. The highest BCUT2D eigenvalue weighted by molar-refractivity contribution is 8.45. The monoisotopic (exact) mass is 875 g/mol. The number of phosphoric acid groups is 1. The molecule has 2 saturated heterocycles. The van der Waals surface area contributed by atoms with Gasteiger partial charge in [-0.25, -0.2) is 28.5 Å². The van der Waals surface area contributed by atoms with Crippen LogP contribution in [0.25, 0.3) is 11.2 Å². The van der Waals surface area contributed by atoms with Crippen LogP contribution in [0, 0.1) is 5.92 Å². The first-order valence-corrected chi connectivity index (χ1v) is 20.9. The van der Waals surface area contributed by atoms with Crippen molar-refractivity contribution in [2.45, 2.75) is 101 Å². The number of imidazole rings is 1. The van der Waals surface area contributed by atoms with E-state index in [9.17, 15) is 43.4 Å². The standard InChI is InChI=1S/C29H40FN5O19P2S/c1-12(36)46-8-17(48-13(2)37)20-21(49-14(3)38)19(40)22(50-15(4)39)25(51-20)53-55(42,43)54-56(44,57)47-9-28(30)26(41)29(45-5,16-6-7-16)27(52-28)35-11-34-18-23(31)32-10-33-24(18)35/h10-11,16-17,19-22,25-27,40-41H,6-9H2,1-5H3,(H,42,43)(H,44,57)(H2,31,32,33)/t17-,19?,20?,21?,22?,25?,26+,27+,28+,29+,56?/m0/s1. The third-order valence-corrected chi connectivity index (χ3v) is 12.5. The summed E-state index contributed by atoms with van der Waals surface area (Å²) in [6.45, 7) is -3.76. The van der Waals surface area contributed by atoms with Gasteiger partial charge in [-0.15, -0.1) is 0 Å². The fourth-order valence-electron chi connectivity index (χ4n) is 6.55. The van der Waals surface area contributed by atoms with E-state index in [4.69, 9.17) is 47.9 Å². The molecule has 7 unspecified atom stereocenters. The van der Waals surface area contributed by atoms with E-state index < -0.39 is 118 Å². The highest BCUT2D eigenvalue weighted by Gasteiger charge is 2.71. The summed E-state index contributed by atoms with van der Waals surface area (Å²) in [5.41, 5.74) is 4.30. The molecule has 5 N–H and O–H groups in total. The van der Waals surface area contributed by atoms with E-state index in [1.807, 2.05) is 0 Å². The maximum atomic E-state index is 16.8. The molecule has 0 aromatic carbocycles. The van der Waals surface area contributed by atoms with Crippen LogP contribution < -0.4 is 5.73 Å². The SMILES string of the molecule is CO[C@@]1(C2CC2)[C@H](n2cnc3c(N)ncnc32)O[C@](F)(COP(=O)(S)OP(=O)(O)OC2OC([C@H](COC(C)=O)OC(C)=O)C(OC(C)=O)C(O)C2OC(C)=O)[C@H]1O. The summed E-state index contributed by atoms with van der Waals surface area (Å²) in [4.78, 5) is 70.4. The predicted octanol–water partition coefficient (Wildman–Crippen LogP) is 0.391. The number of carbonyl (C=O) groups excluding carboxylic acids is 4. The molecule has 2 aliphatic heterocycles.